The standard InChI is InChI=1S/C17H19NO5/c1-21-9-3-4-12(22-2)11(7-9)18-16(19)14-8-5-10-13(6-8)23-17(20)15(10)14/h3-4,7-8,10,13-15H,5-6H2,1-2H3,(H,18,19)/t8-,10-,13+,14+,15-/m1/s1. The topological polar surface area (TPSA) is 73.9 Å². The van der Waals surface area contributed by atoms with E-state index in [4.69, 9.17) is 14.2 Å². The summed E-state index contributed by atoms with van der Waals surface area (Å²) in [5.41, 5.74) is 0.558. The van der Waals surface area contributed by atoms with Gasteiger partial charge >= 0.3 is 5.97 Å². The van der Waals surface area contributed by atoms with Crippen LogP contribution in [-0.4, -0.2) is 32.2 Å². The van der Waals surface area contributed by atoms with Gasteiger partial charge in [-0.1, -0.05) is 0 Å². The van der Waals surface area contributed by atoms with Crippen LogP contribution in [0.1, 0.15) is 12.8 Å². The zero-order chi connectivity index (χ0) is 16.1. The Kier molecular flexibility index (Phi) is 3.21. The van der Waals surface area contributed by atoms with Crippen LogP contribution in [0.15, 0.2) is 18.2 Å². The molecule has 4 rings (SSSR count). The molecule has 0 spiro atoms. The Labute approximate surface area is 134 Å². The Balaban J connectivity index is 1.58. The number of nitrogens with one attached hydrogen (secondary N) is 1. The second-order valence-corrected chi connectivity index (χ2v) is 6.48. The number of ether oxygens (including phenoxy) is 3. The second kappa shape index (κ2) is 5.15. The molecule has 1 saturated heterocycles. The predicted octanol–water partition coefficient (Wildman–Crippen LogP) is 1.84. The molecule has 0 unspecified atom stereocenters. The number of hydrogen-bond donors (Lipinski definition) is 1. The van der Waals surface area contributed by atoms with Gasteiger partial charge in [0.05, 0.1) is 31.7 Å². The summed E-state index contributed by atoms with van der Waals surface area (Å²) in [5.74, 6) is 0.721. The van der Waals surface area contributed by atoms with Crippen molar-refractivity contribution in [1.82, 2.24) is 0 Å². The minimum atomic E-state index is -0.304. The lowest BCUT2D eigenvalue weighted by Crippen LogP contribution is -2.35. The van der Waals surface area contributed by atoms with Gasteiger partial charge in [0, 0.05) is 12.0 Å². The van der Waals surface area contributed by atoms with Crippen LogP contribution in [0.3, 0.4) is 0 Å². The van der Waals surface area contributed by atoms with Crippen molar-refractivity contribution in [2.75, 3.05) is 19.5 Å². The molecule has 3 aliphatic rings. The first-order valence-electron chi connectivity index (χ1n) is 7.85. The van der Waals surface area contributed by atoms with E-state index in [2.05, 4.69) is 5.32 Å². The molecular weight excluding hydrogens is 298 g/mol. The van der Waals surface area contributed by atoms with Gasteiger partial charge in [0.15, 0.2) is 0 Å². The van der Waals surface area contributed by atoms with Crippen molar-refractivity contribution in [3.8, 4) is 11.5 Å². The average molecular weight is 317 g/mol. The maximum atomic E-state index is 12.8. The van der Waals surface area contributed by atoms with Crippen LogP contribution in [0.5, 0.6) is 11.5 Å². The summed E-state index contributed by atoms with van der Waals surface area (Å²) in [6, 6.07) is 5.24. The van der Waals surface area contributed by atoms with Gasteiger partial charge in [-0.3, -0.25) is 9.59 Å². The number of anilines is 1. The zero-order valence-corrected chi connectivity index (χ0v) is 13.1. The quantitative estimate of drug-likeness (QED) is 0.858. The molecule has 1 heterocycles. The number of fused-ring (bicyclic) bond motifs is 1. The fourth-order valence-electron chi connectivity index (χ4n) is 4.49. The number of rotatable bonds is 4. The number of methoxy groups -OCH3 is 2. The highest BCUT2D eigenvalue weighted by molar-refractivity contribution is 5.98. The summed E-state index contributed by atoms with van der Waals surface area (Å²) in [7, 11) is 3.12. The number of hydrogen-bond acceptors (Lipinski definition) is 5. The van der Waals surface area contributed by atoms with Gasteiger partial charge in [0.1, 0.15) is 17.6 Å². The SMILES string of the molecule is COc1ccc(OC)c(NC(=O)[C@H]2[C@@H]3C[C@H]4[C@H]2C(=O)O[C@H]4C3)c1. The molecule has 2 aliphatic carbocycles. The van der Waals surface area contributed by atoms with Crippen molar-refractivity contribution in [2.45, 2.75) is 18.9 Å². The highest BCUT2D eigenvalue weighted by atomic mass is 16.6. The molecule has 1 N–H and O–H groups in total. The van der Waals surface area contributed by atoms with Crippen LogP contribution in [0.2, 0.25) is 0 Å². The molecule has 2 saturated carbocycles. The Bertz CT molecular complexity index is 671. The molecule has 0 aromatic heterocycles. The van der Waals surface area contributed by atoms with Crippen molar-refractivity contribution in [3.63, 3.8) is 0 Å². The fraction of sp³-hybridized carbons (Fsp3) is 0.529. The summed E-state index contributed by atoms with van der Waals surface area (Å²) >= 11 is 0. The number of benzene rings is 1. The Morgan fingerprint density at radius 2 is 2.09 bits per heavy atom. The van der Waals surface area contributed by atoms with Gasteiger partial charge < -0.3 is 19.5 Å². The van der Waals surface area contributed by atoms with E-state index in [-0.39, 0.29) is 41.7 Å². The number of carbonyl (C=O) groups is 2. The minimum Gasteiger partial charge on any atom is -0.497 e. The molecule has 1 aromatic carbocycles. The molecule has 0 radical (unpaired) electrons. The molecule has 1 aliphatic heterocycles. The van der Waals surface area contributed by atoms with E-state index in [0.29, 0.717) is 17.2 Å². The molecule has 5 atom stereocenters. The lowest BCUT2D eigenvalue weighted by atomic mass is 9.79. The van der Waals surface area contributed by atoms with Crippen LogP contribution in [0, 0.1) is 23.7 Å². The van der Waals surface area contributed by atoms with Crippen LogP contribution in [0.4, 0.5) is 5.69 Å². The third-order valence-corrected chi connectivity index (χ3v) is 5.45. The van der Waals surface area contributed by atoms with E-state index in [1.807, 2.05) is 0 Å². The Morgan fingerprint density at radius 3 is 2.83 bits per heavy atom. The Morgan fingerprint density at radius 1 is 1.26 bits per heavy atom. The largest absolute Gasteiger partial charge is 0.497 e. The van der Waals surface area contributed by atoms with E-state index in [0.717, 1.165) is 12.8 Å². The van der Waals surface area contributed by atoms with Gasteiger partial charge in [-0.25, -0.2) is 0 Å². The summed E-state index contributed by atoms with van der Waals surface area (Å²) < 4.78 is 15.9. The number of carbonyl (C=O) groups excluding carboxylic acids is 2. The minimum absolute atomic E-state index is 0.0351. The third-order valence-electron chi connectivity index (χ3n) is 5.45. The van der Waals surface area contributed by atoms with Gasteiger partial charge in [0.25, 0.3) is 0 Å². The summed E-state index contributed by atoms with van der Waals surface area (Å²) in [5, 5.41) is 2.91. The highest BCUT2D eigenvalue weighted by Gasteiger charge is 2.63. The van der Waals surface area contributed by atoms with Crippen LogP contribution < -0.4 is 14.8 Å². The molecule has 6 nitrogen and oxygen atoms in total. The molecule has 6 heteroatoms. The van der Waals surface area contributed by atoms with E-state index in [1.165, 1.54) is 0 Å². The highest BCUT2D eigenvalue weighted by Crippen LogP contribution is 2.57. The molecule has 23 heavy (non-hydrogen) atoms. The van der Waals surface area contributed by atoms with Crippen molar-refractivity contribution in [1.29, 1.82) is 0 Å². The first-order valence-corrected chi connectivity index (χ1v) is 7.85. The van der Waals surface area contributed by atoms with Crippen molar-refractivity contribution < 1.29 is 23.8 Å². The average Bonchev–Trinajstić information content (AvgIpc) is 3.16. The first kappa shape index (κ1) is 14.4. The molecule has 2 bridgehead atoms. The second-order valence-electron chi connectivity index (χ2n) is 6.48. The normalized spacial score (nSPS) is 33.5. The summed E-state index contributed by atoms with van der Waals surface area (Å²) in [6.45, 7) is 0. The van der Waals surface area contributed by atoms with E-state index in [1.54, 1.807) is 32.4 Å². The van der Waals surface area contributed by atoms with Crippen molar-refractivity contribution in [2.24, 2.45) is 23.7 Å². The van der Waals surface area contributed by atoms with Gasteiger partial charge in [-0.15, -0.1) is 0 Å². The van der Waals surface area contributed by atoms with Crippen LogP contribution in [-0.2, 0) is 14.3 Å². The first-order chi connectivity index (χ1) is 11.1. The van der Waals surface area contributed by atoms with E-state index < -0.39 is 0 Å². The molecule has 1 amide bonds. The van der Waals surface area contributed by atoms with Crippen LogP contribution >= 0.6 is 0 Å². The lowest BCUT2D eigenvalue weighted by molar-refractivity contribution is -0.145. The van der Waals surface area contributed by atoms with Gasteiger partial charge in [-0.05, 0) is 30.9 Å². The van der Waals surface area contributed by atoms with Crippen molar-refractivity contribution in [3.05, 3.63) is 18.2 Å². The van der Waals surface area contributed by atoms with E-state index >= 15 is 0 Å². The van der Waals surface area contributed by atoms with Crippen LogP contribution in [0.25, 0.3) is 0 Å². The zero-order valence-electron chi connectivity index (χ0n) is 13.1. The molecule has 1 aromatic rings. The maximum absolute atomic E-state index is 12.8. The van der Waals surface area contributed by atoms with Gasteiger partial charge in [-0.2, -0.15) is 0 Å². The number of amides is 1. The molecule has 3 fully saturated rings. The molecule has 122 valence electrons. The van der Waals surface area contributed by atoms with E-state index in [9.17, 15) is 9.59 Å². The smallest absolute Gasteiger partial charge is 0.310 e. The Hall–Kier alpha value is -2.24. The number of esters is 1. The summed E-state index contributed by atoms with van der Waals surface area (Å²) in [4.78, 5) is 24.8. The fourth-order valence-corrected chi connectivity index (χ4v) is 4.49. The van der Waals surface area contributed by atoms with Crippen molar-refractivity contribution >= 4 is 17.6 Å². The predicted molar refractivity (Wildman–Crippen MR) is 81.2 cm³/mol. The monoisotopic (exact) mass is 317 g/mol. The third kappa shape index (κ3) is 2.08. The maximum Gasteiger partial charge on any atom is 0.310 e. The summed E-state index contributed by atoms with van der Waals surface area (Å²) in [6.07, 6.45) is 1.75. The molecular formula is C17H19NO5. The lowest BCUT2D eigenvalue weighted by Gasteiger charge is -2.24. The van der Waals surface area contributed by atoms with Gasteiger partial charge in [0.2, 0.25) is 5.91 Å².